The van der Waals surface area contributed by atoms with E-state index in [1.165, 1.54) is 92.0 Å². The molecule has 3 aromatic heterocycles. The number of thiophene rings is 1. The maximum atomic E-state index is 5.45. The molecule has 1 aliphatic carbocycles. The Balaban J connectivity index is 1.12. The first-order valence-electron chi connectivity index (χ1n) is 22.1. The van der Waals surface area contributed by atoms with Gasteiger partial charge in [0.2, 0.25) is 0 Å². The number of hydrogen-bond donors (Lipinski definition) is 0. The number of aryl methyl sites for hydroxylation is 2. The van der Waals surface area contributed by atoms with E-state index in [0.29, 0.717) is 0 Å². The second-order valence-corrected chi connectivity index (χ2v) is 18.1. The van der Waals surface area contributed by atoms with E-state index < -0.39 is 0 Å². The summed E-state index contributed by atoms with van der Waals surface area (Å²) >= 11 is 1.90. The van der Waals surface area contributed by atoms with Gasteiger partial charge in [-0.3, -0.25) is 0 Å². The van der Waals surface area contributed by atoms with Crippen LogP contribution in [0.15, 0.2) is 218 Å². The van der Waals surface area contributed by atoms with Crippen LogP contribution in [0.25, 0.3) is 115 Å². The number of fused-ring (bicyclic) bond motifs is 3. The Bertz CT molecular complexity index is 3640. The predicted octanol–water partition coefficient (Wildman–Crippen LogP) is 16.6. The van der Waals surface area contributed by atoms with Gasteiger partial charge in [0.1, 0.15) is 0 Å². The molecule has 3 heteroatoms. The van der Waals surface area contributed by atoms with E-state index in [9.17, 15) is 0 Å². The average molecular weight is 833 g/mol. The second kappa shape index (κ2) is 14.9. The molecule has 0 N–H and O–H groups in total. The Hall–Kier alpha value is -7.85. The van der Waals surface area contributed by atoms with Crippen molar-refractivity contribution >= 4 is 53.3 Å². The molecule has 13 rings (SSSR count). The molecular formula is C61H40N2S. The summed E-state index contributed by atoms with van der Waals surface area (Å²) < 4.78 is 5.23. The quantitative estimate of drug-likeness (QED) is 0.156. The molecular weight excluding hydrogens is 793 g/mol. The maximum absolute atomic E-state index is 5.45. The summed E-state index contributed by atoms with van der Waals surface area (Å²) in [7, 11) is 0. The highest BCUT2D eigenvalue weighted by Crippen LogP contribution is 2.47. The molecule has 0 unspecified atom stereocenters. The van der Waals surface area contributed by atoms with Gasteiger partial charge in [-0.05, 0) is 123 Å². The Morgan fingerprint density at radius 1 is 0.359 bits per heavy atom. The minimum Gasteiger partial charge on any atom is -0.309 e. The lowest BCUT2D eigenvalue weighted by atomic mass is 9.87. The number of nitrogens with zero attached hydrogens (tertiary/aromatic N) is 2. The first-order valence-corrected chi connectivity index (χ1v) is 23.0. The summed E-state index contributed by atoms with van der Waals surface area (Å²) in [4.78, 5) is 5.45. The van der Waals surface area contributed by atoms with Crippen molar-refractivity contribution in [2.45, 2.75) is 12.8 Å². The van der Waals surface area contributed by atoms with Crippen LogP contribution in [0.1, 0.15) is 11.1 Å². The van der Waals surface area contributed by atoms with Gasteiger partial charge in [-0.25, -0.2) is 4.98 Å². The number of aromatic nitrogens is 2. The highest BCUT2D eigenvalue weighted by Gasteiger charge is 2.26. The van der Waals surface area contributed by atoms with E-state index in [-0.39, 0.29) is 0 Å². The van der Waals surface area contributed by atoms with Crippen molar-refractivity contribution in [1.82, 2.24) is 9.55 Å². The zero-order valence-corrected chi connectivity index (χ0v) is 35.8. The summed E-state index contributed by atoms with van der Waals surface area (Å²) in [6.07, 6.45) is 1.92. The summed E-state index contributed by atoms with van der Waals surface area (Å²) in [5.74, 6) is 0. The Morgan fingerprint density at radius 2 is 0.844 bits per heavy atom. The topological polar surface area (TPSA) is 17.8 Å². The molecule has 2 nitrogen and oxygen atoms in total. The summed E-state index contributed by atoms with van der Waals surface area (Å²) in [6, 6.07) is 80.1. The van der Waals surface area contributed by atoms with E-state index in [4.69, 9.17) is 4.98 Å². The summed E-state index contributed by atoms with van der Waals surface area (Å²) in [5, 5.41) is 5.35. The minimum absolute atomic E-state index is 0.955. The molecule has 0 aliphatic heterocycles. The molecule has 0 bridgehead atoms. The molecule has 64 heavy (non-hydrogen) atoms. The molecule has 0 saturated carbocycles. The summed E-state index contributed by atoms with van der Waals surface area (Å²) in [6.45, 7) is 0. The standard InChI is InChI=1S/C61H40N2S/c1-5-16-39(17-6-1)45-32-46(40-18-7-2-8-19-40)34-50(33-45)63-56-37-48(51-25-15-26-53-52-24-13-14-27-58(52)64-61(51)53)30-43-28-29-44-31-49(38-57(63)60(44)59(43)56)55-36-47(41-20-9-3-10-21-41)35-54(62-55)42-22-11-4-12-23-42/h1-27,30-38H,28-29H2. The van der Waals surface area contributed by atoms with Gasteiger partial charge in [-0.15, -0.1) is 11.3 Å². The number of hydrogen-bond acceptors (Lipinski definition) is 2. The van der Waals surface area contributed by atoms with Crippen LogP contribution in [-0.2, 0) is 12.8 Å². The van der Waals surface area contributed by atoms with Crippen molar-refractivity contribution in [3.8, 4) is 72.7 Å². The normalized spacial score (nSPS) is 12.2. The highest BCUT2D eigenvalue weighted by atomic mass is 32.1. The Morgan fingerprint density at radius 3 is 1.45 bits per heavy atom. The van der Waals surface area contributed by atoms with Gasteiger partial charge in [-0.2, -0.15) is 0 Å². The van der Waals surface area contributed by atoms with Crippen molar-refractivity contribution < 1.29 is 0 Å². The Labute approximate surface area is 376 Å². The van der Waals surface area contributed by atoms with E-state index in [2.05, 4.69) is 223 Å². The highest BCUT2D eigenvalue weighted by molar-refractivity contribution is 7.26. The molecule has 0 amide bonds. The fourth-order valence-corrected chi connectivity index (χ4v) is 11.5. The molecule has 0 fully saturated rings. The van der Waals surface area contributed by atoms with Crippen molar-refractivity contribution in [2.24, 2.45) is 0 Å². The lowest BCUT2D eigenvalue weighted by Crippen LogP contribution is -2.00. The van der Waals surface area contributed by atoms with Crippen LogP contribution < -0.4 is 0 Å². The van der Waals surface area contributed by atoms with Crippen LogP contribution in [0.3, 0.4) is 0 Å². The van der Waals surface area contributed by atoms with Crippen LogP contribution in [0, 0.1) is 0 Å². The minimum atomic E-state index is 0.955. The molecule has 3 heterocycles. The van der Waals surface area contributed by atoms with Crippen molar-refractivity contribution in [2.75, 3.05) is 0 Å². The molecule has 0 spiro atoms. The second-order valence-electron chi connectivity index (χ2n) is 17.0. The van der Waals surface area contributed by atoms with Crippen molar-refractivity contribution in [3.63, 3.8) is 0 Å². The van der Waals surface area contributed by atoms with Gasteiger partial charge in [0.25, 0.3) is 0 Å². The zero-order chi connectivity index (χ0) is 42.1. The first-order chi connectivity index (χ1) is 31.7. The molecule has 300 valence electrons. The monoisotopic (exact) mass is 832 g/mol. The van der Waals surface area contributed by atoms with Gasteiger partial charge < -0.3 is 4.57 Å². The third-order valence-corrected chi connectivity index (χ3v) is 14.4. The third-order valence-electron chi connectivity index (χ3n) is 13.2. The van der Waals surface area contributed by atoms with E-state index in [0.717, 1.165) is 46.6 Å². The third kappa shape index (κ3) is 6.12. The van der Waals surface area contributed by atoms with E-state index in [1.807, 2.05) is 11.3 Å². The van der Waals surface area contributed by atoms with Crippen molar-refractivity contribution in [1.29, 1.82) is 0 Å². The van der Waals surface area contributed by atoms with Gasteiger partial charge >= 0.3 is 0 Å². The van der Waals surface area contributed by atoms with Crippen molar-refractivity contribution in [3.05, 3.63) is 230 Å². The van der Waals surface area contributed by atoms with Crippen LogP contribution in [0.5, 0.6) is 0 Å². The number of rotatable bonds is 7. The SMILES string of the molecule is c1ccc(-c2cc(-c3ccccc3)cc(-n3c4cc(-c5cc(-c6ccccc6)cc(-c6ccccc6)n5)cc5c4c4c(cc(-c6cccc7c6sc6ccccc67)cc43)CC5)c2)cc1. The summed E-state index contributed by atoms with van der Waals surface area (Å²) in [5.41, 5.74) is 20.2. The molecule has 12 aromatic rings. The maximum Gasteiger partial charge on any atom is 0.0716 e. The molecule has 9 aromatic carbocycles. The fourth-order valence-electron chi connectivity index (χ4n) is 10.2. The first kappa shape index (κ1) is 36.8. The van der Waals surface area contributed by atoms with Crippen LogP contribution in [-0.4, -0.2) is 9.55 Å². The van der Waals surface area contributed by atoms with Gasteiger partial charge in [0, 0.05) is 47.8 Å². The Kier molecular flexibility index (Phi) is 8.57. The van der Waals surface area contributed by atoms with Gasteiger partial charge in [0.05, 0.1) is 22.4 Å². The van der Waals surface area contributed by atoms with E-state index in [1.54, 1.807) is 0 Å². The fraction of sp³-hybridized carbons (Fsp3) is 0.0328. The van der Waals surface area contributed by atoms with Gasteiger partial charge in [0.15, 0.2) is 0 Å². The number of pyridine rings is 1. The smallest absolute Gasteiger partial charge is 0.0716 e. The zero-order valence-electron chi connectivity index (χ0n) is 35.0. The lowest BCUT2D eigenvalue weighted by molar-refractivity contribution is 0.970. The average Bonchev–Trinajstić information content (AvgIpc) is 3.93. The van der Waals surface area contributed by atoms with Crippen LogP contribution in [0.2, 0.25) is 0 Å². The molecule has 0 atom stereocenters. The van der Waals surface area contributed by atoms with Crippen LogP contribution in [0.4, 0.5) is 0 Å². The lowest BCUT2D eigenvalue weighted by Gasteiger charge is -2.17. The van der Waals surface area contributed by atoms with Gasteiger partial charge in [-0.1, -0.05) is 164 Å². The molecule has 0 radical (unpaired) electrons. The van der Waals surface area contributed by atoms with Crippen LogP contribution >= 0.6 is 11.3 Å². The molecule has 0 saturated heterocycles. The largest absolute Gasteiger partial charge is 0.309 e. The predicted molar refractivity (Wildman–Crippen MR) is 271 cm³/mol. The van der Waals surface area contributed by atoms with E-state index >= 15 is 0 Å². The number of benzene rings is 9. The molecule has 1 aliphatic rings.